The van der Waals surface area contributed by atoms with E-state index in [1.807, 2.05) is 19.9 Å². The van der Waals surface area contributed by atoms with Crippen molar-refractivity contribution in [3.05, 3.63) is 53.1 Å². The smallest absolute Gasteiger partial charge is 0.407 e. The Balaban J connectivity index is 1.53. The summed E-state index contributed by atoms with van der Waals surface area (Å²) in [4.78, 5) is 27.9. The minimum Gasteiger partial charge on any atom is -0.442 e. The molecule has 1 atom stereocenters. The molecule has 1 aliphatic heterocycles. The van der Waals surface area contributed by atoms with Gasteiger partial charge in [-0.2, -0.15) is 5.26 Å². The first kappa shape index (κ1) is 19.5. The van der Waals surface area contributed by atoms with Gasteiger partial charge in [0.15, 0.2) is 5.58 Å². The largest absolute Gasteiger partial charge is 0.442 e. The topological polar surface area (TPSA) is 117 Å². The van der Waals surface area contributed by atoms with Gasteiger partial charge in [0.1, 0.15) is 11.6 Å². The van der Waals surface area contributed by atoms with Crippen molar-refractivity contribution in [3.8, 4) is 17.5 Å². The maximum Gasteiger partial charge on any atom is 0.407 e. The van der Waals surface area contributed by atoms with Crippen molar-refractivity contribution in [1.29, 1.82) is 5.26 Å². The number of fused-ring (bicyclic) bond motifs is 1. The van der Waals surface area contributed by atoms with E-state index < -0.39 is 6.09 Å². The SMILES string of the molecule is CC(C)c1cc(C#N)cc2nc(-c3ccc(C(=O)NCC4CNC(=O)O4)cc3)oc12. The van der Waals surface area contributed by atoms with Crippen LogP contribution >= 0.6 is 0 Å². The summed E-state index contributed by atoms with van der Waals surface area (Å²) in [6.45, 7) is 4.69. The van der Waals surface area contributed by atoms with Crippen molar-refractivity contribution < 1.29 is 18.7 Å². The Bertz CT molecular complexity index is 1160. The van der Waals surface area contributed by atoms with E-state index in [-0.39, 0.29) is 24.5 Å². The molecule has 30 heavy (non-hydrogen) atoms. The maximum absolute atomic E-state index is 12.3. The van der Waals surface area contributed by atoms with Crippen LogP contribution in [0.3, 0.4) is 0 Å². The summed E-state index contributed by atoms with van der Waals surface area (Å²) < 4.78 is 11.0. The van der Waals surface area contributed by atoms with E-state index in [4.69, 9.17) is 9.15 Å². The molecule has 2 amide bonds. The van der Waals surface area contributed by atoms with Crippen molar-refractivity contribution >= 4 is 23.1 Å². The third-order valence-corrected chi connectivity index (χ3v) is 4.90. The van der Waals surface area contributed by atoms with Crippen LogP contribution in [0.1, 0.15) is 41.3 Å². The Hall–Kier alpha value is -3.86. The number of carbonyl (C=O) groups excluding carboxylic acids is 2. The second-order valence-corrected chi connectivity index (χ2v) is 7.39. The van der Waals surface area contributed by atoms with Gasteiger partial charge >= 0.3 is 6.09 Å². The minimum absolute atomic E-state index is 0.182. The van der Waals surface area contributed by atoms with Crippen LogP contribution in [0, 0.1) is 11.3 Å². The van der Waals surface area contributed by atoms with Gasteiger partial charge in [0.2, 0.25) is 5.89 Å². The Morgan fingerprint density at radius 1 is 1.33 bits per heavy atom. The molecule has 1 unspecified atom stereocenters. The van der Waals surface area contributed by atoms with Gasteiger partial charge < -0.3 is 19.8 Å². The molecule has 1 aromatic heterocycles. The van der Waals surface area contributed by atoms with Crippen molar-refractivity contribution in [3.63, 3.8) is 0 Å². The first-order valence-electron chi connectivity index (χ1n) is 9.62. The molecule has 2 heterocycles. The lowest BCUT2D eigenvalue weighted by molar-refractivity contribution is 0.0916. The second-order valence-electron chi connectivity index (χ2n) is 7.39. The minimum atomic E-state index is -0.473. The van der Waals surface area contributed by atoms with Crippen molar-refractivity contribution in [2.45, 2.75) is 25.9 Å². The van der Waals surface area contributed by atoms with Crippen LogP contribution in [0.15, 0.2) is 40.8 Å². The van der Waals surface area contributed by atoms with Crippen molar-refractivity contribution in [2.75, 3.05) is 13.1 Å². The Labute approximate surface area is 172 Å². The molecule has 1 aliphatic rings. The fourth-order valence-electron chi connectivity index (χ4n) is 3.29. The van der Waals surface area contributed by atoms with Gasteiger partial charge in [-0.05, 0) is 42.3 Å². The van der Waals surface area contributed by atoms with E-state index in [0.29, 0.717) is 34.7 Å². The fraction of sp³-hybridized carbons (Fsp3) is 0.273. The van der Waals surface area contributed by atoms with Crippen LogP contribution in [0.2, 0.25) is 0 Å². The Morgan fingerprint density at radius 2 is 2.10 bits per heavy atom. The second kappa shape index (κ2) is 7.87. The number of oxazole rings is 1. The van der Waals surface area contributed by atoms with Crippen LogP contribution in [0.4, 0.5) is 4.79 Å². The van der Waals surface area contributed by atoms with E-state index in [1.54, 1.807) is 30.3 Å². The standard InChI is InChI=1S/C22H20N4O4/c1-12(2)17-7-13(9-23)8-18-19(17)30-21(26-18)15-5-3-14(4-6-15)20(27)24-10-16-11-25-22(28)29-16/h3-8,12,16H,10-11H2,1-2H3,(H,24,27)(H,25,28). The monoisotopic (exact) mass is 404 g/mol. The van der Waals surface area contributed by atoms with Gasteiger partial charge in [-0.3, -0.25) is 4.79 Å². The molecule has 152 valence electrons. The molecule has 4 rings (SSSR count). The summed E-state index contributed by atoms with van der Waals surface area (Å²) in [6, 6.07) is 12.6. The van der Waals surface area contributed by atoms with E-state index in [2.05, 4.69) is 21.7 Å². The summed E-state index contributed by atoms with van der Waals surface area (Å²) in [5, 5.41) is 14.6. The molecular formula is C22H20N4O4. The zero-order chi connectivity index (χ0) is 21.3. The first-order chi connectivity index (χ1) is 14.4. The highest BCUT2D eigenvalue weighted by molar-refractivity contribution is 5.94. The van der Waals surface area contributed by atoms with E-state index in [9.17, 15) is 14.9 Å². The van der Waals surface area contributed by atoms with Gasteiger partial charge in [0.05, 0.1) is 24.7 Å². The molecule has 2 aromatic carbocycles. The van der Waals surface area contributed by atoms with Gasteiger partial charge in [-0.1, -0.05) is 13.8 Å². The molecule has 0 radical (unpaired) electrons. The summed E-state index contributed by atoms with van der Waals surface area (Å²) in [5.74, 6) is 0.350. The highest BCUT2D eigenvalue weighted by atomic mass is 16.6. The molecule has 3 aromatic rings. The lowest BCUT2D eigenvalue weighted by Gasteiger charge is -2.09. The predicted octanol–water partition coefficient (Wildman–Crippen LogP) is 3.33. The number of rotatable bonds is 5. The molecule has 2 N–H and O–H groups in total. The lowest BCUT2D eigenvalue weighted by atomic mass is 10.00. The molecule has 0 saturated carbocycles. The van der Waals surface area contributed by atoms with Gasteiger partial charge in [0.25, 0.3) is 5.91 Å². The van der Waals surface area contributed by atoms with Crippen LogP contribution in [0.25, 0.3) is 22.6 Å². The zero-order valence-corrected chi connectivity index (χ0v) is 16.6. The molecule has 0 bridgehead atoms. The average Bonchev–Trinajstić information content (AvgIpc) is 3.37. The number of amides is 2. The number of nitriles is 1. The highest BCUT2D eigenvalue weighted by Crippen LogP contribution is 2.31. The third-order valence-electron chi connectivity index (χ3n) is 4.90. The summed E-state index contributed by atoms with van der Waals surface area (Å²) >= 11 is 0. The summed E-state index contributed by atoms with van der Waals surface area (Å²) in [6.07, 6.45) is -0.839. The zero-order valence-electron chi connectivity index (χ0n) is 16.6. The van der Waals surface area contributed by atoms with E-state index in [1.165, 1.54) is 0 Å². The van der Waals surface area contributed by atoms with Crippen LogP contribution in [-0.4, -0.2) is 36.2 Å². The third kappa shape index (κ3) is 3.82. The fourth-order valence-corrected chi connectivity index (χ4v) is 3.29. The molecule has 8 heteroatoms. The van der Waals surface area contributed by atoms with E-state index in [0.717, 1.165) is 11.1 Å². The molecule has 8 nitrogen and oxygen atoms in total. The number of benzene rings is 2. The quantitative estimate of drug-likeness (QED) is 0.674. The molecule has 0 spiro atoms. The van der Waals surface area contributed by atoms with Gasteiger partial charge in [-0.25, -0.2) is 9.78 Å². The summed E-state index contributed by atoms with van der Waals surface area (Å²) in [7, 11) is 0. The van der Waals surface area contributed by atoms with Crippen LogP contribution in [-0.2, 0) is 4.74 Å². The molecule has 1 fully saturated rings. The first-order valence-corrected chi connectivity index (χ1v) is 9.62. The number of hydrogen-bond donors (Lipinski definition) is 2. The lowest BCUT2D eigenvalue weighted by Crippen LogP contribution is -2.33. The summed E-state index contributed by atoms with van der Waals surface area (Å²) in [5.41, 5.74) is 3.98. The van der Waals surface area contributed by atoms with Crippen LogP contribution in [0.5, 0.6) is 0 Å². The van der Waals surface area contributed by atoms with Crippen molar-refractivity contribution in [2.24, 2.45) is 0 Å². The number of cyclic esters (lactones) is 1. The molecular weight excluding hydrogens is 384 g/mol. The maximum atomic E-state index is 12.3. The predicted molar refractivity (Wildman–Crippen MR) is 109 cm³/mol. The van der Waals surface area contributed by atoms with Crippen LogP contribution < -0.4 is 10.6 Å². The number of aromatic nitrogens is 1. The number of nitrogens with zero attached hydrogens (tertiary/aromatic N) is 2. The van der Waals surface area contributed by atoms with Crippen molar-refractivity contribution in [1.82, 2.24) is 15.6 Å². The van der Waals surface area contributed by atoms with E-state index >= 15 is 0 Å². The number of carbonyl (C=O) groups is 2. The molecule has 1 saturated heterocycles. The van der Waals surface area contributed by atoms with Gasteiger partial charge in [0, 0.05) is 16.7 Å². The normalized spacial score (nSPS) is 15.7. The highest BCUT2D eigenvalue weighted by Gasteiger charge is 2.23. The average molecular weight is 404 g/mol. The number of nitrogens with one attached hydrogen (secondary N) is 2. The number of hydrogen-bond acceptors (Lipinski definition) is 6. The Morgan fingerprint density at radius 3 is 2.73 bits per heavy atom. The number of ether oxygens (including phenoxy) is 1. The van der Waals surface area contributed by atoms with Gasteiger partial charge in [-0.15, -0.1) is 0 Å². The molecule has 0 aliphatic carbocycles. The Kier molecular flexibility index (Phi) is 5.11. The number of alkyl carbamates (subject to hydrolysis) is 1.